The van der Waals surface area contributed by atoms with Crippen molar-refractivity contribution in [1.82, 2.24) is 9.97 Å². The monoisotopic (exact) mass is 490 g/mol. The Labute approximate surface area is 209 Å². The van der Waals surface area contributed by atoms with E-state index in [-0.39, 0.29) is 19.2 Å². The number of carbonyl (C=O) groups excluding carboxylic acids is 1. The minimum Gasteiger partial charge on any atom is -0.460 e. The second kappa shape index (κ2) is 9.57. The maximum Gasteiger partial charge on any atom is 0.324 e. The molecule has 1 atom stereocenters. The van der Waals surface area contributed by atoms with Crippen LogP contribution in [0.1, 0.15) is 37.5 Å². The topological polar surface area (TPSA) is 102 Å². The van der Waals surface area contributed by atoms with Gasteiger partial charge in [-0.15, -0.1) is 0 Å². The van der Waals surface area contributed by atoms with E-state index in [0.717, 1.165) is 16.8 Å². The minimum atomic E-state index is -1.00. The Balaban J connectivity index is 1.61. The van der Waals surface area contributed by atoms with Gasteiger partial charge in [-0.2, -0.15) is 4.98 Å². The Bertz CT molecular complexity index is 1320. The van der Waals surface area contributed by atoms with Crippen LogP contribution >= 0.6 is 11.6 Å². The Hall–Kier alpha value is -3.60. The number of rotatable bonds is 5. The first kappa shape index (κ1) is 24.5. The minimum absolute atomic E-state index is 0.0556. The standard InChI is InChI=1S/C27H27ClN4O3/c1-26(2,24(34)35-15-19-7-5-4-6-8-19)12-11-18-9-10-20-22(13-18)32(16-27(20,3)17-33)23-21(28)14-30-25(29)31-23/h4-10,13-14,33H,15-17H2,1-3H3,(H2,29,30,31)/t27-/m0/s1. The number of aliphatic hydroxyl groups excluding tert-OH is 1. The van der Waals surface area contributed by atoms with Crippen LogP contribution in [0.3, 0.4) is 0 Å². The van der Waals surface area contributed by atoms with Crippen molar-refractivity contribution in [3.05, 3.63) is 76.4 Å². The molecule has 0 aliphatic carbocycles. The number of carbonyl (C=O) groups is 1. The van der Waals surface area contributed by atoms with Crippen LogP contribution in [-0.2, 0) is 21.6 Å². The molecule has 0 radical (unpaired) electrons. The number of aromatic nitrogens is 2. The molecule has 0 saturated carbocycles. The first-order valence-electron chi connectivity index (χ1n) is 11.2. The Kier molecular flexibility index (Phi) is 6.70. The van der Waals surface area contributed by atoms with Crippen LogP contribution in [-0.4, -0.2) is 34.2 Å². The quantitative estimate of drug-likeness (QED) is 0.407. The number of halogens is 1. The van der Waals surface area contributed by atoms with E-state index in [4.69, 9.17) is 22.1 Å². The van der Waals surface area contributed by atoms with E-state index >= 15 is 0 Å². The molecule has 0 unspecified atom stereocenters. The molecular weight excluding hydrogens is 464 g/mol. The van der Waals surface area contributed by atoms with Crippen LogP contribution in [0.5, 0.6) is 0 Å². The number of hydrogen-bond acceptors (Lipinski definition) is 7. The average Bonchev–Trinajstić information content (AvgIpc) is 3.15. The fourth-order valence-corrected chi connectivity index (χ4v) is 4.12. The normalized spacial score (nSPS) is 16.9. The van der Waals surface area contributed by atoms with E-state index in [2.05, 4.69) is 21.8 Å². The van der Waals surface area contributed by atoms with Crippen LogP contribution in [0.2, 0.25) is 5.02 Å². The summed E-state index contributed by atoms with van der Waals surface area (Å²) in [7, 11) is 0. The smallest absolute Gasteiger partial charge is 0.324 e. The second-order valence-corrected chi connectivity index (χ2v) is 9.78. The van der Waals surface area contributed by atoms with Crippen molar-refractivity contribution < 1.29 is 14.6 Å². The van der Waals surface area contributed by atoms with Gasteiger partial charge in [0.15, 0.2) is 5.82 Å². The Morgan fingerprint density at radius 2 is 2.03 bits per heavy atom. The molecule has 1 aromatic heterocycles. The molecule has 0 amide bonds. The van der Waals surface area contributed by atoms with Crippen molar-refractivity contribution in [2.24, 2.45) is 5.41 Å². The second-order valence-electron chi connectivity index (χ2n) is 9.37. The zero-order valence-electron chi connectivity index (χ0n) is 19.9. The van der Waals surface area contributed by atoms with Crippen molar-refractivity contribution in [1.29, 1.82) is 0 Å². The molecule has 7 nitrogen and oxygen atoms in total. The molecule has 4 rings (SSSR count). The number of nitrogens with zero attached hydrogens (tertiary/aromatic N) is 3. The molecule has 1 aliphatic rings. The maximum atomic E-state index is 12.7. The third-order valence-electron chi connectivity index (χ3n) is 6.04. The van der Waals surface area contributed by atoms with E-state index < -0.39 is 16.8 Å². The molecule has 8 heteroatoms. The summed E-state index contributed by atoms with van der Waals surface area (Å²) in [4.78, 5) is 22.8. The number of benzene rings is 2. The van der Waals surface area contributed by atoms with Crippen molar-refractivity contribution in [3.63, 3.8) is 0 Å². The van der Waals surface area contributed by atoms with Gasteiger partial charge in [0.05, 0.1) is 12.8 Å². The summed E-state index contributed by atoms with van der Waals surface area (Å²) in [5.74, 6) is 6.33. The highest BCUT2D eigenvalue weighted by Gasteiger charge is 2.40. The molecule has 3 aromatic rings. The zero-order chi connectivity index (χ0) is 25.2. The molecule has 3 N–H and O–H groups in total. The summed E-state index contributed by atoms with van der Waals surface area (Å²) in [6.07, 6.45) is 1.46. The van der Waals surface area contributed by atoms with Crippen LogP contribution in [0.25, 0.3) is 0 Å². The zero-order valence-corrected chi connectivity index (χ0v) is 20.6. The lowest BCUT2D eigenvalue weighted by Gasteiger charge is -2.24. The highest BCUT2D eigenvalue weighted by Crippen LogP contribution is 2.45. The predicted molar refractivity (Wildman–Crippen MR) is 136 cm³/mol. The van der Waals surface area contributed by atoms with E-state index in [1.165, 1.54) is 6.20 Å². The average molecular weight is 491 g/mol. The fourth-order valence-electron chi connectivity index (χ4n) is 3.93. The summed E-state index contributed by atoms with van der Waals surface area (Å²) in [6.45, 7) is 6.05. The van der Waals surface area contributed by atoms with E-state index in [1.54, 1.807) is 13.8 Å². The molecular formula is C27H27ClN4O3. The number of hydrogen-bond donors (Lipinski definition) is 2. The van der Waals surface area contributed by atoms with Crippen molar-refractivity contribution >= 4 is 35.0 Å². The molecule has 0 saturated heterocycles. The van der Waals surface area contributed by atoms with Gasteiger partial charge in [0.25, 0.3) is 0 Å². The molecule has 35 heavy (non-hydrogen) atoms. The lowest BCUT2D eigenvalue weighted by molar-refractivity contribution is -0.152. The molecule has 180 valence electrons. The van der Waals surface area contributed by atoms with E-state index in [9.17, 15) is 9.90 Å². The molecule has 0 fully saturated rings. The molecule has 0 bridgehead atoms. The largest absolute Gasteiger partial charge is 0.460 e. The first-order chi connectivity index (χ1) is 16.6. The third kappa shape index (κ3) is 5.09. The maximum absolute atomic E-state index is 12.7. The number of aliphatic hydroxyl groups is 1. The SMILES string of the molecule is CC(C)(C#Cc1ccc2c(c1)N(c1nc(N)ncc1Cl)C[C@@]2(C)CO)C(=O)OCc1ccccc1. The van der Waals surface area contributed by atoms with Gasteiger partial charge in [-0.25, -0.2) is 4.98 Å². The number of nitrogen functional groups attached to an aromatic ring is 1. The number of anilines is 3. The summed E-state index contributed by atoms with van der Waals surface area (Å²) in [5, 5.41) is 10.5. The number of ether oxygens (including phenoxy) is 1. The van der Waals surface area contributed by atoms with Gasteiger partial charge >= 0.3 is 5.97 Å². The van der Waals surface area contributed by atoms with E-state index in [1.807, 2.05) is 60.4 Å². The van der Waals surface area contributed by atoms with Gasteiger partial charge < -0.3 is 20.5 Å². The van der Waals surface area contributed by atoms with Crippen LogP contribution in [0.4, 0.5) is 17.5 Å². The Morgan fingerprint density at radius 3 is 2.74 bits per heavy atom. The number of esters is 1. The fraction of sp³-hybridized carbons (Fsp3) is 0.296. The number of fused-ring (bicyclic) bond motifs is 1. The van der Waals surface area contributed by atoms with Gasteiger partial charge in [-0.3, -0.25) is 4.79 Å². The molecule has 1 aliphatic heterocycles. The third-order valence-corrected chi connectivity index (χ3v) is 6.30. The van der Waals surface area contributed by atoms with Crippen LogP contribution in [0.15, 0.2) is 54.7 Å². The van der Waals surface area contributed by atoms with Gasteiger partial charge in [0.2, 0.25) is 5.95 Å². The highest BCUT2D eigenvalue weighted by molar-refractivity contribution is 6.33. The van der Waals surface area contributed by atoms with Crippen LogP contribution in [0, 0.1) is 17.3 Å². The molecule has 2 heterocycles. The summed E-state index contributed by atoms with van der Waals surface area (Å²) in [5.41, 5.74) is 7.67. The first-order valence-corrected chi connectivity index (χ1v) is 11.6. The van der Waals surface area contributed by atoms with Gasteiger partial charge in [-0.05, 0) is 37.1 Å². The van der Waals surface area contributed by atoms with Gasteiger partial charge in [0, 0.05) is 23.2 Å². The number of nitrogens with two attached hydrogens (primary N) is 1. The Morgan fingerprint density at radius 1 is 1.29 bits per heavy atom. The molecule has 2 aromatic carbocycles. The summed E-state index contributed by atoms with van der Waals surface area (Å²) >= 11 is 6.38. The van der Waals surface area contributed by atoms with Gasteiger partial charge in [0.1, 0.15) is 17.0 Å². The predicted octanol–water partition coefficient (Wildman–Crippen LogP) is 4.24. The summed E-state index contributed by atoms with van der Waals surface area (Å²) < 4.78 is 5.48. The lowest BCUT2D eigenvalue weighted by atomic mass is 9.85. The van der Waals surface area contributed by atoms with Gasteiger partial charge in [-0.1, -0.05) is 66.8 Å². The lowest BCUT2D eigenvalue weighted by Crippen LogP contribution is -2.32. The van der Waals surface area contributed by atoms with E-state index in [0.29, 0.717) is 22.9 Å². The summed E-state index contributed by atoms with van der Waals surface area (Å²) in [6, 6.07) is 15.2. The van der Waals surface area contributed by atoms with Crippen molar-refractivity contribution in [3.8, 4) is 11.8 Å². The highest BCUT2D eigenvalue weighted by atomic mass is 35.5. The van der Waals surface area contributed by atoms with Crippen LogP contribution < -0.4 is 10.6 Å². The van der Waals surface area contributed by atoms with Crippen molar-refractivity contribution in [2.75, 3.05) is 23.8 Å². The molecule has 0 spiro atoms. The van der Waals surface area contributed by atoms with Crippen molar-refractivity contribution in [2.45, 2.75) is 32.8 Å².